The van der Waals surface area contributed by atoms with Crippen molar-refractivity contribution in [2.24, 2.45) is 0 Å². The van der Waals surface area contributed by atoms with Crippen molar-refractivity contribution in [1.29, 1.82) is 0 Å². The number of methoxy groups -OCH3 is 1. The zero-order valence-electron chi connectivity index (χ0n) is 7.41. The molecule has 1 aromatic rings. The van der Waals surface area contributed by atoms with Crippen molar-refractivity contribution >= 4 is 17.3 Å². The topological polar surface area (TPSA) is 65.3 Å². The number of pyridine rings is 1. The predicted octanol–water partition coefficient (Wildman–Crippen LogP) is 2.59. The second-order valence-corrected chi connectivity index (χ2v) is 2.85. The van der Waals surface area contributed by atoms with Gasteiger partial charge in [0.25, 0.3) is 12.3 Å². The number of aromatic nitrogens is 1. The summed E-state index contributed by atoms with van der Waals surface area (Å²) in [4.78, 5) is 12.9. The molecule has 0 fully saturated rings. The molecule has 0 aliphatic rings. The summed E-state index contributed by atoms with van der Waals surface area (Å²) in [5.41, 5.74) is -1.29. The zero-order valence-corrected chi connectivity index (χ0v) is 8.16. The molecule has 0 unspecified atom stereocenters. The fourth-order valence-electron chi connectivity index (χ4n) is 0.910. The van der Waals surface area contributed by atoms with E-state index >= 15 is 0 Å². The van der Waals surface area contributed by atoms with Gasteiger partial charge in [0.05, 0.1) is 17.1 Å². The molecule has 5 nitrogen and oxygen atoms in total. The molecule has 0 N–H and O–H groups in total. The Kier molecular flexibility index (Phi) is 3.35. The van der Waals surface area contributed by atoms with Gasteiger partial charge in [-0.2, -0.15) is 0 Å². The van der Waals surface area contributed by atoms with E-state index in [1.54, 1.807) is 0 Å². The minimum atomic E-state index is -2.91. The molecule has 0 bridgehead atoms. The molecule has 0 amide bonds. The molecule has 8 heteroatoms. The van der Waals surface area contributed by atoms with Crippen molar-refractivity contribution in [3.63, 3.8) is 0 Å². The third kappa shape index (κ3) is 2.30. The van der Waals surface area contributed by atoms with Crippen LogP contribution in [0.5, 0.6) is 5.88 Å². The van der Waals surface area contributed by atoms with Gasteiger partial charge in [0.15, 0.2) is 0 Å². The molecule has 1 rings (SSSR count). The summed E-state index contributed by atoms with van der Waals surface area (Å²) in [6, 6.07) is 0.787. The van der Waals surface area contributed by atoms with Gasteiger partial charge in [-0.1, -0.05) is 11.6 Å². The van der Waals surface area contributed by atoms with Gasteiger partial charge < -0.3 is 4.74 Å². The Morgan fingerprint density at radius 3 is 2.67 bits per heavy atom. The molecule has 0 atom stereocenters. The van der Waals surface area contributed by atoms with E-state index in [0.29, 0.717) is 0 Å². The van der Waals surface area contributed by atoms with Gasteiger partial charge in [0, 0.05) is 6.07 Å². The lowest BCUT2D eigenvalue weighted by Gasteiger charge is -2.05. The van der Waals surface area contributed by atoms with Crippen molar-refractivity contribution in [2.45, 2.75) is 6.43 Å². The summed E-state index contributed by atoms with van der Waals surface area (Å²) in [6.45, 7) is 0. The maximum atomic E-state index is 12.3. The van der Waals surface area contributed by atoms with Crippen LogP contribution in [0.1, 0.15) is 12.1 Å². The van der Waals surface area contributed by atoms with Gasteiger partial charge in [0.1, 0.15) is 5.69 Å². The summed E-state index contributed by atoms with van der Waals surface area (Å²) in [5, 5.41) is 9.99. The van der Waals surface area contributed by atoms with Crippen LogP contribution in [-0.4, -0.2) is 17.0 Å². The summed E-state index contributed by atoms with van der Waals surface area (Å²) in [5.74, 6) is -0.486. The van der Waals surface area contributed by atoms with E-state index in [4.69, 9.17) is 11.6 Å². The Morgan fingerprint density at radius 2 is 2.27 bits per heavy atom. The molecule has 0 saturated carbocycles. The number of rotatable bonds is 3. The van der Waals surface area contributed by atoms with Crippen LogP contribution < -0.4 is 4.74 Å². The van der Waals surface area contributed by atoms with E-state index in [1.165, 1.54) is 0 Å². The maximum Gasteiger partial charge on any atom is 0.332 e. The number of nitro groups is 1. The van der Waals surface area contributed by atoms with Crippen LogP contribution in [0.25, 0.3) is 0 Å². The standard InChI is InChI=1S/C7H5ClF2N2O3/c1-15-7-4(12(13)14)2-3(8)5(11-7)6(9)10/h2,6H,1H3. The highest BCUT2D eigenvalue weighted by atomic mass is 35.5. The fraction of sp³-hybridized carbons (Fsp3) is 0.286. The van der Waals surface area contributed by atoms with E-state index in [9.17, 15) is 18.9 Å². The van der Waals surface area contributed by atoms with Crippen molar-refractivity contribution in [1.82, 2.24) is 4.98 Å². The highest BCUT2D eigenvalue weighted by Gasteiger charge is 2.23. The van der Waals surface area contributed by atoms with Crippen molar-refractivity contribution in [3.8, 4) is 5.88 Å². The van der Waals surface area contributed by atoms with E-state index in [0.717, 1.165) is 13.2 Å². The van der Waals surface area contributed by atoms with Gasteiger partial charge >= 0.3 is 5.69 Å². The lowest BCUT2D eigenvalue weighted by molar-refractivity contribution is -0.386. The molecule has 0 saturated heterocycles. The first-order valence-corrected chi connectivity index (χ1v) is 4.02. The summed E-state index contributed by atoms with van der Waals surface area (Å²) in [7, 11) is 1.10. The smallest absolute Gasteiger partial charge is 0.332 e. The van der Waals surface area contributed by atoms with Crippen LogP contribution in [0.4, 0.5) is 14.5 Å². The maximum absolute atomic E-state index is 12.3. The van der Waals surface area contributed by atoms with Gasteiger partial charge in [0.2, 0.25) is 0 Å². The number of ether oxygens (including phenoxy) is 1. The molecule has 0 spiro atoms. The van der Waals surface area contributed by atoms with Crippen LogP contribution in [0, 0.1) is 10.1 Å². The largest absolute Gasteiger partial charge is 0.476 e. The quantitative estimate of drug-likeness (QED) is 0.600. The summed E-state index contributed by atoms with van der Waals surface area (Å²) < 4.78 is 29.1. The third-order valence-electron chi connectivity index (χ3n) is 1.55. The Hall–Kier alpha value is -1.50. The predicted molar refractivity (Wildman–Crippen MR) is 47.4 cm³/mol. The minimum absolute atomic E-state index is 0.461. The van der Waals surface area contributed by atoms with E-state index in [2.05, 4.69) is 9.72 Å². The number of nitrogens with zero attached hydrogens (tertiary/aromatic N) is 2. The van der Waals surface area contributed by atoms with Crippen LogP contribution in [-0.2, 0) is 0 Å². The van der Waals surface area contributed by atoms with E-state index < -0.39 is 33.6 Å². The Morgan fingerprint density at radius 1 is 1.67 bits per heavy atom. The van der Waals surface area contributed by atoms with Crippen LogP contribution in [0.2, 0.25) is 5.02 Å². The first-order chi connectivity index (χ1) is 6.97. The van der Waals surface area contributed by atoms with Crippen molar-refractivity contribution < 1.29 is 18.4 Å². The van der Waals surface area contributed by atoms with Crippen molar-refractivity contribution in [2.75, 3.05) is 7.11 Å². The monoisotopic (exact) mass is 238 g/mol. The molecule has 0 aromatic carbocycles. The Balaban J connectivity index is 3.35. The van der Waals surface area contributed by atoms with E-state index in [1.807, 2.05) is 0 Å². The highest BCUT2D eigenvalue weighted by molar-refractivity contribution is 6.31. The van der Waals surface area contributed by atoms with Crippen molar-refractivity contribution in [3.05, 3.63) is 26.9 Å². The fourth-order valence-corrected chi connectivity index (χ4v) is 1.14. The molecule has 1 heterocycles. The number of alkyl halides is 2. The van der Waals surface area contributed by atoms with Gasteiger partial charge in [-0.25, -0.2) is 13.8 Å². The second kappa shape index (κ2) is 4.35. The summed E-state index contributed by atoms with van der Waals surface area (Å²) >= 11 is 5.39. The normalized spacial score (nSPS) is 10.5. The molecule has 1 aromatic heterocycles. The number of halogens is 3. The van der Waals surface area contributed by atoms with E-state index in [-0.39, 0.29) is 0 Å². The van der Waals surface area contributed by atoms with Gasteiger partial charge in [-0.3, -0.25) is 10.1 Å². The highest BCUT2D eigenvalue weighted by Crippen LogP contribution is 2.33. The molecular formula is C7H5ClF2N2O3. The molecule has 15 heavy (non-hydrogen) atoms. The first kappa shape index (κ1) is 11.6. The SMILES string of the molecule is COc1nc(C(F)F)c(Cl)cc1[N+](=O)[O-]. The molecular weight excluding hydrogens is 234 g/mol. The molecule has 0 aliphatic carbocycles. The third-order valence-corrected chi connectivity index (χ3v) is 1.85. The van der Waals surface area contributed by atoms with Crippen LogP contribution in [0.15, 0.2) is 6.07 Å². The Bertz CT molecular complexity index is 400. The van der Waals surface area contributed by atoms with Crippen LogP contribution in [0.3, 0.4) is 0 Å². The molecule has 0 radical (unpaired) electrons. The zero-order chi connectivity index (χ0) is 11.6. The second-order valence-electron chi connectivity index (χ2n) is 2.44. The summed E-state index contributed by atoms with van der Waals surface area (Å²) in [6.07, 6.45) is -2.91. The lowest BCUT2D eigenvalue weighted by atomic mass is 10.3. The van der Waals surface area contributed by atoms with Gasteiger partial charge in [-0.05, 0) is 0 Å². The number of hydrogen-bond donors (Lipinski definition) is 0. The van der Waals surface area contributed by atoms with Crippen LogP contribution >= 0.6 is 11.6 Å². The van der Waals surface area contributed by atoms with Gasteiger partial charge in [-0.15, -0.1) is 0 Å². The molecule has 82 valence electrons. The molecule has 0 aliphatic heterocycles. The average Bonchev–Trinajstić information content (AvgIpc) is 2.16. The lowest BCUT2D eigenvalue weighted by Crippen LogP contribution is -2.00. The first-order valence-electron chi connectivity index (χ1n) is 3.64. The average molecular weight is 239 g/mol. The number of hydrogen-bond acceptors (Lipinski definition) is 4. The Labute approximate surface area is 87.8 Å². The minimum Gasteiger partial charge on any atom is -0.476 e.